The van der Waals surface area contributed by atoms with Crippen LogP contribution in [0.2, 0.25) is 0 Å². The lowest BCUT2D eigenvalue weighted by Gasteiger charge is -2.10. The second kappa shape index (κ2) is 8.79. The van der Waals surface area contributed by atoms with Crippen LogP contribution >= 0.6 is 0 Å². The van der Waals surface area contributed by atoms with Gasteiger partial charge in [-0.1, -0.05) is 24.3 Å². The molecule has 0 unspecified atom stereocenters. The fourth-order valence-corrected chi connectivity index (χ4v) is 3.94. The van der Waals surface area contributed by atoms with Crippen LogP contribution in [-0.4, -0.2) is 15.0 Å². The van der Waals surface area contributed by atoms with Crippen LogP contribution in [0.5, 0.6) is 0 Å². The third-order valence-electron chi connectivity index (χ3n) is 5.99. The third kappa shape index (κ3) is 4.44. The summed E-state index contributed by atoms with van der Waals surface area (Å²) >= 11 is 0. The van der Waals surface area contributed by atoms with Crippen LogP contribution in [0.1, 0.15) is 17.0 Å². The maximum atomic E-state index is 4.68. The van der Waals surface area contributed by atoms with Gasteiger partial charge in [0.1, 0.15) is 12.9 Å². The standard InChI is InChI=1S/C28H26N5/c1-19-14-25(9-11-29-19)27-16-24-8-12-30-28(26(24)18-31-27)32-17-21-4-6-22(7-5-21)23-10-13-33(3)20(2)15-23/h4-16,18H,17H2,1-3H3,(H,30,32)/q+1. The number of nitrogens with one attached hydrogen (secondary N) is 1. The van der Waals surface area contributed by atoms with E-state index in [4.69, 9.17) is 0 Å². The number of aryl methyl sites for hydroxylation is 3. The van der Waals surface area contributed by atoms with Gasteiger partial charge in [0.05, 0.1) is 5.69 Å². The Balaban J connectivity index is 1.34. The van der Waals surface area contributed by atoms with Gasteiger partial charge in [0, 0.05) is 60.8 Å². The molecule has 5 heteroatoms. The smallest absolute Gasteiger partial charge is 0.178 e. The Bertz CT molecular complexity index is 1440. The molecule has 162 valence electrons. The molecular formula is C28H26N5+. The minimum Gasteiger partial charge on any atom is -0.365 e. The molecule has 0 spiro atoms. The molecule has 0 atom stereocenters. The Morgan fingerprint density at radius 2 is 1.61 bits per heavy atom. The van der Waals surface area contributed by atoms with E-state index in [0.29, 0.717) is 6.54 Å². The van der Waals surface area contributed by atoms with Crippen LogP contribution in [0.15, 0.2) is 85.5 Å². The average molecular weight is 433 g/mol. The van der Waals surface area contributed by atoms with Crippen molar-refractivity contribution in [1.29, 1.82) is 0 Å². The number of fused-ring (bicyclic) bond motifs is 1. The van der Waals surface area contributed by atoms with Gasteiger partial charge in [-0.3, -0.25) is 9.97 Å². The summed E-state index contributed by atoms with van der Waals surface area (Å²) in [5, 5.41) is 5.60. The highest BCUT2D eigenvalue weighted by Gasteiger charge is 2.08. The lowest BCUT2D eigenvalue weighted by Crippen LogP contribution is -2.30. The Morgan fingerprint density at radius 1 is 0.788 bits per heavy atom. The van der Waals surface area contributed by atoms with Gasteiger partial charge in [0.2, 0.25) is 0 Å². The van der Waals surface area contributed by atoms with Crippen molar-refractivity contribution in [3.63, 3.8) is 0 Å². The molecule has 0 radical (unpaired) electrons. The second-order valence-electron chi connectivity index (χ2n) is 8.35. The van der Waals surface area contributed by atoms with Crippen molar-refractivity contribution in [2.45, 2.75) is 20.4 Å². The van der Waals surface area contributed by atoms with E-state index < -0.39 is 0 Å². The lowest BCUT2D eigenvalue weighted by atomic mass is 10.0. The zero-order valence-electron chi connectivity index (χ0n) is 19.1. The van der Waals surface area contributed by atoms with Gasteiger partial charge in [-0.2, -0.15) is 0 Å². The molecular weight excluding hydrogens is 406 g/mol. The molecule has 5 rings (SSSR count). The summed E-state index contributed by atoms with van der Waals surface area (Å²) in [6, 6.07) is 21.2. The highest BCUT2D eigenvalue weighted by molar-refractivity contribution is 5.93. The lowest BCUT2D eigenvalue weighted by molar-refractivity contribution is -0.677. The van der Waals surface area contributed by atoms with Crippen molar-refractivity contribution in [3.05, 3.63) is 102 Å². The molecule has 0 fully saturated rings. The number of pyridine rings is 4. The second-order valence-corrected chi connectivity index (χ2v) is 8.35. The maximum Gasteiger partial charge on any atom is 0.178 e. The summed E-state index contributed by atoms with van der Waals surface area (Å²) in [7, 11) is 2.06. The number of anilines is 1. The molecule has 0 saturated carbocycles. The minimum absolute atomic E-state index is 0.695. The summed E-state index contributed by atoms with van der Waals surface area (Å²) in [6.45, 7) is 4.80. The first-order chi connectivity index (χ1) is 16.1. The molecule has 0 saturated heterocycles. The van der Waals surface area contributed by atoms with Crippen molar-refractivity contribution in [3.8, 4) is 22.4 Å². The van der Waals surface area contributed by atoms with Crippen LogP contribution in [-0.2, 0) is 13.6 Å². The fraction of sp³-hybridized carbons (Fsp3) is 0.143. The van der Waals surface area contributed by atoms with Crippen LogP contribution in [0, 0.1) is 13.8 Å². The zero-order chi connectivity index (χ0) is 22.8. The van der Waals surface area contributed by atoms with E-state index in [1.807, 2.05) is 37.6 Å². The topological polar surface area (TPSA) is 54.6 Å². The van der Waals surface area contributed by atoms with E-state index in [1.165, 1.54) is 22.4 Å². The largest absolute Gasteiger partial charge is 0.365 e. The first-order valence-corrected chi connectivity index (χ1v) is 11.0. The predicted molar refractivity (Wildman–Crippen MR) is 133 cm³/mol. The van der Waals surface area contributed by atoms with Crippen LogP contribution in [0.25, 0.3) is 33.2 Å². The molecule has 5 nitrogen and oxygen atoms in total. The Kier molecular flexibility index (Phi) is 5.53. The molecule has 4 aromatic heterocycles. The Morgan fingerprint density at radius 3 is 2.39 bits per heavy atom. The van der Waals surface area contributed by atoms with E-state index in [-0.39, 0.29) is 0 Å². The number of benzene rings is 1. The molecule has 0 amide bonds. The van der Waals surface area contributed by atoms with Gasteiger partial charge >= 0.3 is 0 Å². The van der Waals surface area contributed by atoms with E-state index in [0.717, 1.165) is 33.5 Å². The van der Waals surface area contributed by atoms with Gasteiger partial charge in [0.15, 0.2) is 11.9 Å². The summed E-state index contributed by atoms with van der Waals surface area (Å²) in [5.41, 5.74) is 7.86. The van der Waals surface area contributed by atoms with E-state index in [1.54, 1.807) is 0 Å². The van der Waals surface area contributed by atoms with Gasteiger partial charge in [-0.05, 0) is 53.3 Å². The molecule has 5 aromatic rings. The van der Waals surface area contributed by atoms with Crippen LogP contribution in [0.3, 0.4) is 0 Å². The number of hydrogen-bond acceptors (Lipinski definition) is 4. The molecule has 0 aliphatic heterocycles. The minimum atomic E-state index is 0.695. The molecule has 1 aromatic carbocycles. The molecule has 4 heterocycles. The quantitative estimate of drug-likeness (QED) is 0.377. The number of rotatable bonds is 5. The van der Waals surface area contributed by atoms with Crippen molar-refractivity contribution in [2.75, 3.05) is 5.32 Å². The molecule has 0 aliphatic rings. The number of hydrogen-bond donors (Lipinski definition) is 1. The monoisotopic (exact) mass is 432 g/mol. The van der Waals surface area contributed by atoms with Crippen molar-refractivity contribution in [2.24, 2.45) is 7.05 Å². The maximum absolute atomic E-state index is 4.68. The highest BCUT2D eigenvalue weighted by atomic mass is 15.0. The number of aromatic nitrogens is 4. The first-order valence-electron chi connectivity index (χ1n) is 11.0. The SMILES string of the molecule is Cc1cc(-c2cc3ccnc(NCc4ccc(-c5cc[n+](C)c(C)c5)cc4)c3cn2)ccn1. The Hall–Kier alpha value is -4.12. The summed E-state index contributed by atoms with van der Waals surface area (Å²) < 4.78 is 2.12. The normalized spacial score (nSPS) is 11.0. The van der Waals surface area contributed by atoms with Crippen molar-refractivity contribution >= 4 is 16.6 Å². The van der Waals surface area contributed by atoms with Gasteiger partial charge in [-0.15, -0.1) is 0 Å². The summed E-state index contributed by atoms with van der Waals surface area (Å²) in [4.78, 5) is 13.5. The Labute approximate surface area is 193 Å². The third-order valence-corrected chi connectivity index (χ3v) is 5.99. The van der Waals surface area contributed by atoms with Crippen LogP contribution < -0.4 is 9.88 Å². The van der Waals surface area contributed by atoms with Gasteiger partial charge in [0.25, 0.3) is 0 Å². The van der Waals surface area contributed by atoms with Crippen molar-refractivity contribution in [1.82, 2.24) is 15.0 Å². The fourth-order valence-electron chi connectivity index (χ4n) is 3.94. The highest BCUT2D eigenvalue weighted by Crippen LogP contribution is 2.26. The van der Waals surface area contributed by atoms with E-state index in [2.05, 4.69) is 93.5 Å². The molecule has 1 N–H and O–H groups in total. The first kappa shape index (κ1) is 20.8. The molecule has 0 bridgehead atoms. The van der Waals surface area contributed by atoms with Gasteiger partial charge in [-0.25, -0.2) is 9.55 Å². The van der Waals surface area contributed by atoms with Crippen molar-refractivity contribution < 1.29 is 4.57 Å². The summed E-state index contributed by atoms with van der Waals surface area (Å²) in [6.07, 6.45) is 7.66. The van der Waals surface area contributed by atoms with Gasteiger partial charge < -0.3 is 5.32 Å². The number of nitrogens with zero attached hydrogens (tertiary/aromatic N) is 4. The zero-order valence-corrected chi connectivity index (χ0v) is 19.1. The molecule has 0 aliphatic carbocycles. The summed E-state index contributed by atoms with van der Waals surface area (Å²) in [5.74, 6) is 0.840. The van der Waals surface area contributed by atoms with Crippen LogP contribution in [0.4, 0.5) is 5.82 Å². The molecule has 33 heavy (non-hydrogen) atoms. The predicted octanol–water partition coefficient (Wildman–Crippen LogP) is 5.41. The average Bonchev–Trinajstić information content (AvgIpc) is 2.84. The van der Waals surface area contributed by atoms with E-state index in [9.17, 15) is 0 Å². The van der Waals surface area contributed by atoms with E-state index >= 15 is 0 Å².